The topological polar surface area (TPSA) is 43.2 Å². The second-order valence-electron chi connectivity index (χ2n) is 5.90. The highest BCUT2D eigenvalue weighted by Gasteiger charge is 2.20. The number of rotatable bonds is 6. The van der Waals surface area contributed by atoms with Crippen molar-refractivity contribution in [2.75, 3.05) is 26.7 Å². The number of likely N-dealkylation sites (tertiary alicyclic amines) is 1. The molecule has 22 heavy (non-hydrogen) atoms. The minimum absolute atomic E-state index is 0.692. The van der Waals surface area contributed by atoms with Gasteiger partial charge in [0.15, 0.2) is 0 Å². The van der Waals surface area contributed by atoms with Crippen molar-refractivity contribution < 1.29 is 4.74 Å². The van der Waals surface area contributed by atoms with E-state index in [2.05, 4.69) is 39.2 Å². The maximum Gasteiger partial charge on any atom is 0.137 e. The highest BCUT2D eigenvalue weighted by Crippen LogP contribution is 2.29. The number of nitrogens with zero attached hydrogens (tertiary/aromatic N) is 4. The maximum atomic E-state index is 5.23. The molecule has 1 fully saturated rings. The Balaban J connectivity index is 1.41. The number of methoxy groups -OCH3 is 1. The molecule has 1 aromatic carbocycles. The van der Waals surface area contributed by atoms with Gasteiger partial charge in [-0.15, -0.1) is 0 Å². The third-order valence-corrected chi connectivity index (χ3v) is 4.50. The van der Waals surface area contributed by atoms with Crippen LogP contribution in [0.4, 0.5) is 0 Å². The van der Waals surface area contributed by atoms with Gasteiger partial charge >= 0.3 is 0 Å². The molecule has 2 heterocycles. The maximum absolute atomic E-state index is 5.23. The van der Waals surface area contributed by atoms with E-state index in [-0.39, 0.29) is 0 Å². The van der Waals surface area contributed by atoms with Crippen molar-refractivity contribution >= 4 is 0 Å². The van der Waals surface area contributed by atoms with Crippen molar-refractivity contribution in [3.05, 3.63) is 42.5 Å². The molecular formula is C17H24N4O. The normalized spacial score (nSPS) is 16.8. The summed E-state index contributed by atoms with van der Waals surface area (Å²) in [5.74, 6) is 1.63. The molecule has 0 unspecified atom stereocenters. The van der Waals surface area contributed by atoms with Gasteiger partial charge < -0.3 is 9.64 Å². The van der Waals surface area contributed by atoms with E-state index < -0.39 is 0 Å². The lowest BCUT2D eigenvalue weighted by atomic mass is 9.89. The van der Waals surface area contributed by atoms with Crippen molar-refractivity contribution in [1.29, 1.82) is 0 Å². The average molecular weight is 300 g/mol. The van der Waals surface area contributed by atoms with Crippen LogP contribution < -0.4 is 4.74 Å². The van der Waals surface area contributed by atoms with Crippen molar-refractivity contribution in [2.45, 2.75) is 31.7 Å². The Hall–Kier alpha value is -1.88. The van der Waals surface area contributed by atoms with Crippen molar-refractivity contribution in [1.82, 2.24) is 19.7 Å². The highest BCUT2D eigenvalue weighted by molar-refractivity contribution is 5.29. The number of hydrogen-bond donors (Lipinski definition) is 0. The number of hydrogen-bond acceptors (Lipinski definition) is 4. The fraction of sp³-hybridized carbons (Fsp3) is 0.529. The van der Waals surface area contributed by atoms with Gasteiger partial charge in [-0.3, -0.25) is 4.68 Å². The summed E-state index contributed by atoms with van der Waals surface area (Å²) in [6.07, 6.45) is 7.01. The molecule has 0 bridgehead atoms. The van der Waals surface area contributed by atoms with Crippen LogP contribution in [-0.4, -0.2) is 46.4 Å². The molecule has 0 radical (unpaired) electrons. The lowest BCUT2D eigenvalue weighted by Gasteiger charge is -2.32. The summed E-state index contributed by atoms with van der Waals surface area (Å²) in [5.41, 5.74) is 1.45. The summed E-state index contributed by atoms with van der Waals surface area (Å²) in [4.78, 5) is 6.54. The van der Waals surface area contributed by atoms with Gasteiger partial charge in [0.05, 0.1) is 7.11 Å². The van der Waals surface area contributed by atoms with E-state index in [1.54, 1.807) is 19.8 Å². The quantitative estimate of drug-likeness (QED) is 0.822. The van der Waals surface area contributed by atoms with Gasteiger partial charge in [-0.25, -0.2) is 4.98 Å². The minimum atomic E-state index is 0.692. The lowest BCUT2D eigenvalue weighted by molar-refractivity contribution is 0.206. The fourth-order valence-electron chi connectivity index (χ4n) is 3.17. The van der Waals surface area contributed by atoms with Crippen LogP contribution in [0.1, 0.15) is 30.7 Å². The number of aromatic nitrogens is 3. The smallest absolute Gasteiger partial charge is 0.137 e. The summed E-state index contributed by atoms with van der Waals surface area (Å²) in [7, 11) is 1.72. The average Bonchev–Trinajstić information content (AvgIpc) is 3.09. The van der Waals surface area contributed by atoms with E-state index in [0.29, 0.717) is 5.92 Å². The van der Waals surface area contributed by atoms with Crippen LogP contribution in [0.5, 0.6) is 5.75 Å². The Kier molecular flexibility index (Phi) is 5.06. The summed E-state index contributed by atoms with van der Waals surface area (Å²) < 4.78 is 7.14. The van der Waals surface area contributed by atoms with E-state index in [4.69, 9.17) is 4.74 Å². The minimum Gasteiger partial charge on any atom is -0.497 e. The Bertz CT molecular complexity index is 545. The van der Waals surface area contributed by atoms with Gasteiger partial charge in [0.1, 0.15) is 18.4 Å². The molecule has 1 aliphatic heterocycles. The molecule has 0 atom stereocenters. The third-order valence-electron chi connectivity index (χ3n) is 4.50. The van der Waals surface area contributed by atoms with Crippen molar-refractivity contribution in [3.8, 4) is 5.75 Å². The standard InChI is InChI=1S/C17H24N4O/c1-22-17-5-3-15(4-6-17)16-7-11-20(12-8-16)9-2-10-21-14-18-13-19-21/h3-6,13-14,16H,2,7-12H2,1H3. The molecule has 5 nitrogen and oxygen atoms in total. The summed E-state index contributed by atoms with van der Waals surface area (Å²) >= 11 is 0. The molecule has 0 saturated carbocycles. The van der Waals surface area contributed by atoms with Crippen LogP contribution >= 0.6 is 0 Å². The van der Waals surface area contributed by atoms with Gasteiger partial charge in [0.2, 0.25) is 0 Å². The van der Waals surface area contributed by atoms with Crippen molar-refractivity contribution in [2.24, 2.45) is 0 Å². The van der Waals surface area contributed by atoms with Crippen LogP contribution in [0.3, 0.4) is 0 Å². The van der Waals surface area contributed by atoms with Crippen LogP contribution in [0.2, 0.25) is 0 Å². The van der Waals surface area contributed by atoms with Crippen LogP contribution in [0.25, 0.3) is 0 Å². The zero-order chi connectivity index (χ0) is 15.2. The first-order chi connectivity index (χ1) is 10.8. The molecule has 1 saturated heterocycles. The molecule has 1 aromatic heterocycles. The first kappa shape index (κ1) is 15.0. The molecule has 1 aliphatic rings. The fourth-order valence-corrected chi connectivity index (χ4v) is 3.17. The molecule has 0 aliphatic carbocycles. The molecule has 118 valence electrons. The zero-order valence-electron chi connectivity index (χ0n) is 13.2. The third kappa shape index (κ3) is 3.85. The predicted molar refractivity (Wildman–Crippen MR) is 86.0 cm³/mol. The van der Waals surface area contributed by atoms with E-state index in [0.717, 1.165) is 25.3 Å². The number of aryl methyl sites for hydroxylation is 1. The van der Waals surface area contributed by atoms with E-state index >= 15 is 0 Å². The molecule has 0 amide bonds. The largest absolute Gasteiger partial charge is 0.497 e. The summed E-state index contributed by atoms with van der Waals surface area (Å²) in [6.45, 7) is 4.48. The Morgan fingerprint density at radius 2 is 1.91 bits per heavy atom. The van der Waals surface area contributed by atoms with E-state index in [9.17, 15) is 0 Å². The van der Waals surface area contributed by atoms with Gasteiger partial charge in [-0.05, 0) is 62.5 Å². The molecular weight excluding hydrogens is 276 g/mol. The highest BCUT2D eigenvalue weighted by atomic mass is 16.5. The van der Waals surface area contributed by atoms with Crippen LogP contribution in [-0.2, 0) is 6.54 Å². The van der Waals surface area contributed by atoms with Gasteiger partial charge in [0, 0.05) is 6.54 Å². The number of benzene rings is 1. The zero-order valence-corrected chi connectivity index (χ0v) is 13.2. The van der Waals surface area contributed by atoms with Crippen LogP contribution in [0.15, 0.2) is 36.9 Å². The Morgan fingerprint density at radius 3 is 2.55 bits per heavy atom. The summed E-state index contributed by atoms with van der Waals surface area (Å²) in [6, 6.07) is 8.56. The number of ether oxygens (including phenoxy) is 1. The van der Waals surface area contributed by atoms with Gasteiger partial charge in [-0.2, -0.15) is 5.10 Å². The summed E-state index contributed by atoms with van der Waals surface area (Å²) in [5, 5.41) is 4.14. The molecule has 2 aromatic rings. The van der Waals surface area contributed by atoms with Gasteiger partial charge in [-0.1, -0.05) is 12.1 Å². The van der Waals surface area contributed by atoms with Crippen molar-refractivity contribution in [3.63, 3.8) is 0 Å². The predicted octanol–water partition coefficient (Wildman–Crippen LogP) is 2.56. The van der Waals surface area contributed by atoms with Gasteiger partial charge in [0.25, 0.3) is 0 Å². The Morgan fingerprint density at radius 1 is 1.14 bits per heavy atom. The van der Waals surface area contributed by atoms with E-state index in [1.807, 2.05) is 4.68 Å². The molecule has 0 spiro atoms. The molecule has 0 N–H and O–H groups in total. The van der Waals surface area contributed by atoms with Crippen LogP contribution in [0, 0.1) is 0 Å². The first-order valence-corrected chi connectivity index (χ1v) is 8.04. The monoisotopic (exact) mass is 300 g/mol. The lowest BCUT2D eigenvalue weighted by Crippen LogP contribution is -2.34. The second kappa shape index (κ2) is 7.40. The molecule has 3 rings (SSSR count). The van der Waals surface area contributed by atoms with E-state index in [1.165, 1.54) is 31.5 Å². The molecule has 5 heteroatoms. The Labute approximate surface area is 131 Å². The first-order valence-electron chi connectivity index (χ1n) is 8.04. The SMILES string of the molecule is COc1ccc(C2CCN(CCCn3cncn3)CC2)cc1. The number of piperidine rings is 1. The second-order valence-corrected chi connectivity index (χ2v) is 5.90.